The summed E-state index contributed by atoms with van der Waals surface area (Å²) in [6.07, 6.45) is 33.1. The van der Waals surface area contributed by atoms with Crippen LogP contribution in [0.15, 0.2) is 0 Å². The summed E-state index contributed by atoms with van der Waals surface area (Å²) in [5.74, 6) is 2.41. The van der Waals surface area contributed by atoms with E-state index in [2.05, 4.69) is 13.8 Å². The van der Waals surface area contributed by atoms with Crippen LogP contribution < -0.4 is 0 Å². The number of unbranched alkanes of at least 4 members (excludes halogenated alkanes) is 21. The Labute approximate surface area is 219 Å². The van der Waals surface area contributed by atoms with Gasteiger partial charge >= 0.3 is 5.97 Å². The summed E-state index contributed by atoms with van der Waals surface area (Å²) in [6.45, 7) is 5.18. The molecule has 0 atom stereocenters. The Bertz CT molecular complexity index is 386. The van der Waals surface area contributed by atoms with Gasteiger partial charge in [-0.3, -0.25) is 4.79 Å². The molecule has 0 saturated carbocycles. The van der Waals surface area contributed by atoms with Crippen LogP contribution >= 0.6 is 11.8 Å². The van der Waals surface area contributed by atoms with Crippen LogP contribution in [0.3, 0.4) is 0 Å². The molecule has 0 saturated heterocycles. The lowest BCUT2D eigenvalue weighted by molar-refractivity contribution is -0.143. The first-order valence-electron chi connectivity index (χ1n) is 15.5. The predicted octanol–water partition coefficient (Wildman–Crippen LogP) is 11.1. The Balaban J connectivity index is 3.14. The Hall–Kier alpha value is -0.180. The van der Waals surface area contributed by atoms with Crippen LogP contribution in [0.1, 0.15) is 174 Å². The molecular weight excluding hydrogens is 436 g/mol. The summed E-state index contributed by atoms with van der Waals surface area (Å²) in [7, 11) is 0. The van der Waals surface area contributed by atoms with Gasteiger partial charge in [0.1, 0.15) is 0 Å². The molecule has 0 N–H and O–H groups in total. The molecular formula is C31H62O2S. The third-order valence-corrected chi connectivity index (χ3v) is 7.98. The topological polar surface area (TPSA) is 26.3 Å². The summed E-state index contributed by atoms with van der Waals surface area (Å²) in [5.41, 5.74) is 0. The van der Waals surface area contributed by atoms with Crippen molar-refractivity contribution in [1.29, 1.82) is 0 Å². The Kier molecular flexibility index (Phi) is 30.7. The second-order valence-electron chi connectivity index (χ2n) is 10.4. The van der Waals surface area contributed by atoms with Crippen LogP contribution in [0.5, 0.6) is 0 Å². The van der Waals surface area contributed by atoms with Crippen LogP contribution in [-0.4, -0.2) is 24.1 Å². The van der Waals surface area contributed by atoms with Gasteiger partial charge in [0, 0.05) is 6.42 Å². The predicted molar refractivity (Wildman–Crippen MR) is 155 cm³/mol. The number of hydrogen-bond donors (Lipinski definition) is 0. The third kappa shape index (κ3) is 29.9. The van der Waals surface area contributed by atoms with Crippen LogP contribution in [0.4, 0.5) is 0 Å². The summed E-state index contributed by atoms with van der Waals surface area (Å²) in [6, 6.07) is 0. The Morgan fingerprint density at radius 2 is 0.824 bits per heavy atom. The first kappa shape index (κ1) is 33.8. The average molecular weight is 499 g/mol. The summed E-state index contributed by atoms with van der Waals surface area (Å²) >= 11 is 2.03. The minimum absolute atomic E-state index is 0.0165. The average Bonchev–Trinajstić information content (AvgIpc) is 2.84. The number of carbonyl (C=O) groups excluding carboxylic acids is 1. The van der Waals surface area contributed by atoms with Gasteiger partial charge in [-0.25, -0.2) is 0 Å². The van der Waals surface area contributed by atoms with Gasteiger partial charge in [-0.05, 0) is 30.8 Å². The van der Waals surface area contributed by atoms with E-state index in [-0.39, 0.29) is 5.97 Å². The fraction of sp³-hybridized carbons (Fsp3) is 0.968. The number of thioether (sulfide) groups is 1. The molecule has 2 nitrogen and oxygen atoms in total. The van der Waals surface area contributed by atoms with E-state index >= 15 is 0 Å². The zero-order chi connectivity index (χ0) is 24.8. The highest BCUT2D eigenvalue weighted by Crippen LogP contribution is 2.14. The monoisotopic (exact) mass is 498 g/mol. The molecule has 0 radical (unpaired) electrons. The number of ether oxygens (including phenoxy) is 1. The van der Waals surface area contributed by atoms with Gasteiger partial charge in [-0.1, -0.05) is 149 Å². The zero-order valence-corrected chi connectivity index (χ0v) is 24.3. The van der Waals surface area contributed by atoms with Crippen molar-refractivity contribution in [3.8, 4) is 0 Å². The largest absolute Gasteiger partial charge is 0.466 e. The molecule has 0 fully saturated rings. The number of rotatable bonds is 29. The van der Waals surface area contributed by atoms with Crippen LogP contribution in [-0.2, 0) is 9.53 Å². The minimum Gasteiger partial charge on any atom is -0.466 e. The van der Waals surface area contributed by atoms with Gasteiger partial charge in [-0.2, -0.15) is 11.8 Å². The fourth-order valence-corrected chi connectivity index (χ4v) is 5.43. The minimum atomic E-state index is 0.0165. The maximum absolute atomic E-state index is 11.8. The number of esters is 1. The highest BCUT2D eigenvalue weighted by atomic mass is 32.2. The molecule has 0 aliphatic rings. The Morgan fingerprint density at radius 1 is 0.471 bits per heavy atom. The van der Waals surface area contributed by atoms with E-state index in [1.54, 1.807) is 0 Å². The molecule has 0 aromatic carbocycles. The molecule has 34 heavy (non-hydrogen) atoms. The quantitative estimate of drug-likeness (QED) is 0.0757. The first-order chi connectivity index (χ1) is 16.8. The van der Waals surface area contributed by atoms with Gasteiger partial charge in [0.25, 0.3) is 0 Å². The van der Waals surface area contributed by atoms with Crippen LogP contribution in [0, 0.1) is 0 Å². The molecule has 0 bridgehead atoms. The van der Waals surface area contributed by atoms with Crippen molar-refractivity contribution in [1.82, 2.24) is 0 Å². The lowest BCUT2D eigenvalue weighted by Crippen LogP contribution is -2.06. The van der Waals surface area contributed by atoms with Crippen molar-refractivity contribution < 1.29 is 9.53 Å². The highest BCUT2D eigenvalue weighted by molar-refractivity contribution is 7.99. The van der Waals surface area contributed by atoms with Crippen molar-refractivity contribution in [3.63, 3.8) is 0 Å². The van der Waals surface area contributed by atoms with Crippen molar-refractivity contribution >= 4 is 17.7 Å². The summed E-state index contributed by atoms with van der Waals surface area (Å²) in [5, 5.41) is 0. The summed E-state index contributed by atoms with van der Waals surface area (Å²) < 4.78 is 5.40. The second-order valence-corrected chi connectivity index (χ2v) is 11.6. The lowest BCUT2D eigenvalue weighted by atomic mass is 10.0. The first-order valence-corrected chi connectivity index (χ1v) is 16.7. The molecule has 0 amide bonds. The van der Waals surface area contributed by atoms with E-state index in [1.807, 2.05) is 11.8 Å². The van der Waals surface area contributed by atoms with E-state index in [9.17, 15) is 4.79 Å². The maximum atomic E-state index is 11.8. The number of hydrogen-bond acceptors (Lipinski definition) is 3. The smallest absolute Gasteiger partial charge is 0.305 e. The molecule has 3 heteroatoms. The second kappa shape index (κ2) is 30.9. The van der Waals surface area contributed by atoms with Gasteiger partial charge in [0.15, 0.2) is 0 Å². The van der Waals surface area contributed by atoms with Crippen molar-refractivity contribution in [3.05, 3.63) is 0 Å². The third-order valence-electron chi connectivity index (χ3n) is 6.82. The normalized spacial score (nSPS) is 11.2. The van der Waals surface area contributed by atoms with Crippen molar-refractivity contribution in [2.24, 2.45) is 0 Å². The van der Waals surface area contributed by atoms with Gasteiger partial charge in [0.05, 0.1) is 6.61 Å². The molecule has 0 rings (SSSR count). The molecule has 0 aromatic heterocycles. The van der Waals surface area contributed by atoms with E-state index in [4.69, 9.17) is 4.74 Å². The van der Waals surface area contributed by atoms with Crippen molar-refractivity contribution in [2.75, 3.05) is 18.1 Å². The molecule has 0 spiro atoms. The molecule has 0 aliphatic heterocycles. The van der Waals surface area contributed by atoms with E-state index < -0.39 is 0 Å². The molecule has 0 heterocycles. The molecule has 0 aromatic rings. The highest BCUT2D eigenvalue weighted by Gasteiger charge is 2.02. The van der Waals surface area contributed by atoms with Crippen LogP contribution in [0.2, 0.25) is 0 Å². The van der Waals surface area contributed by atoms with Crippen LogP contribution in [0.25, 0.3) is 0 Å². The van der Waals surface area contributed by atoms with Gasteiger partial charge < -0.3 is 4.74 Å². The zero-order valence-electron chi connectivity index (χ0n) is 23.5. The van der Waals surface area contributed by atoms with E-state index in [1.165, 1.54) is 147 Å². The standard InChI is InChI=1S/C31H62O2S/c1-3-5-7-9-11-13-15-16-17-18-20-22-24-27-31(32)33-28-26-30-34-29-25-23-21-19-14-12-10-8-6-4-2/h3-30H2,1-2H3. The maximum Gasteiger partial charge on any atom is 0.305 e. The lowest BCUT2D eigenvalue weighted by Gasteiger charge is -2.06. The molecule has 204 valence electrons. The Morgan fingerprint density at radius 3 is 1.26 bits per heavy atom. The van der Waals surface area contributed by atoms with Crippen molar-refractivity contribution in [2.45, 2.75) is 174 Å². The fourth-order valence-electron chi connectivity index (χ4n) is 4.50. The van der Waals surface area contributed by atoms with Gasteiger partial charge in [0.2, 0.25) is 0 Å². The summed E-state index contributed by atoms with van der Waals surface area (Å²) in [4.78, 5) is 11.8. The molecule has 0 aliphatic carbocycles. The SMILES string of the molecule is CCCCCCCCCCCCCCCC(=O)OCCCSCCCCCCCCCCCC. The van der Waals surface area contributed by atoms with E-state index in [0.717, 1.165) is 18.6 Å². The van der Waals surface area contributed by atoms with E-state index in [0.29, 0.717) is 13.0 Å². The number of carbonyl (C=O) groups is 1. The molecule has 0 unspecified atom stereocenters. The van der Waals surface area contributed by atoms with Gasteiger partial charge in [-0.15, -0.1) is 0 Å².